The van der Waals surface area contributed by atoms with Gasteiger partial charge in [-0.15, -0.1) is 0 Å². The van der Waals surface area contributed by atoms with Crippen LogP contribution in [0.3, 0.4) is 0 Å². The lowest BCUT2D eigenvalue weighted by atomic mass is 10.2. The first-order valence-corrected chi connectivity index (χ1v) is 8.76. The maximum absolute atomic E-state index is 12.4. The molecule has 29 heavy (non-hydrogen) atoms. The van der Waals surface area contributed by atoms with E-state index in [2.05, 4.69) is 15.4 Å². The molecule has 9 heteroatoms. The lowest BCUT2D eigenvalue weighted by Gasteiger charge is -2.09. The summed E-state index contributed by atoms with van der Waals surface area (Å²) >= 11 is 0. The van der Waals surface area contributed by atoms with Crippen molar-refractivity contribution in [1.82, 2.24) is 19.5 Å². The fraction of sp³-hybridized carbons (Fsp3) is 0.150. The van der Waals surface area contributed by atoms with Gasteiger partial charge in [-0.2, -0.15) is 5.10 Å². The summed E-state index contributed by atoms with van der Waals surface area (Å²) < 4.78 is 21.4. The number of aromatic nitrogens is 3. The van der Waals surface area contributed by atoms with E-state index in [4.69, 9.17) is 4.74 Å². The Kier molecular flexibility index (Phi) is 4.42. The molecule has 0 bridgehead atoms. The summed E-state index contributed by atoms with van der Waals surface area (Å²) in [7, 11) is 1.58. The normalized spacial score (nSPS) is 11.0. The molecule has 3 aromatic heterocycles. The molecule has 4 aromatic rings. The summed E-state index contributed by atoms with van der Waals surface area (Å²) in [6.07, 6.45) is 2.90. The first kappa shape index (κ1) is 18.5. The summed E-state index contributed by atoms with van der Waals surface area (Å²) in [5.74, 6) is -0.113. The maximum atomic E-state index is 12.4. The quantitative estimate of drug-likeness (QED) is 0.567. The van der Waals surface area contributed by atoms with Crippen LogP contribution in [-0.2, 0) is 4.94 Å². The van der Waals surface area contributed by atoms with Gasteiger partial charge < -0.3 is 10.1 Å². The molecule has 0 spiro atoms. The Labute approximate surface area is 164 Å². The number of halogens is 1. The summed E-state index contributed by atoms with van der Waals surface area (Å²) in [5.41, 5.74) is 2.61. The lowest BCUT2D eigenvalue weighted by molar-refractivity contribution is -0.0788. The minimum absolute atomic E-state index is 0.0600. The van der Waals surface area contributed by atoms with E-state index in [9.17, 15) is 14.1 Å². The van der Waals surface area contributed by atoms with E-state index in [1.807, 2.05) is 19.1 Å². The zero-order chi connectivity index (χ0) is 20.7. The van der Waals surface area contributed by atoms with E-state index in [1.54, 1.807) is 36.7 Å². The highest BCUT2D eigenvalue weighted by atomic mass is 19.3. The minimum atomic E-state index is -1.09. The molecule has 0 aliphatic rings. The molecule has 0 aliphatic heterocycles. The monoisotopic (exact) mass is 396 g/mol. The van der Waals surface area contributed by atoms with Crippen LogP contribution in [0.5, 0.6) is 11.5 Å². The summed E-state index contributed by atoms with van der Waals surface area (Å²) in [6, 6.07) is 8.66. The van der Waals surface area contributed by atoms with Crippen LogP contribution in [0.4, 0.5) is 9.32 Å². The molecular formula is C20H17FN4O4. The van der Waals surface area contributed by atoms with Crippen molar-refractivity contribution in [3.8, 4) is 11.5 Å². The Morgan fingerprint density at radius 1 is 1.17 bits per heavy atom. The largest absolute Gasteiger partial charge is 0.455 e. The second-order valence-electron chi connectivity index (χ2n) is 6.52. The SMILES string of the molecule is CNC(=O)n1c(C)cc2cc(Oc3ccnn4cc(C(=O)OF)c(C)c34)ccc21. The molecule has 0 fully saturated rings. The molecule has 0 saturated carbocycles. The molecule has 1 aromatic carbocycles. The van der Waals surface area contributed by atoms with Crippen molar-refractivity contribution < 1.29 is 23.8 Å². The number of benzene rings is 1. The molecule has 148 valence electrons. The summed E-state index contributed by atoms with van der Waals surface area (Å²) in [5, 5.41) is 7.59. The number of nitrogens with one attached hydrogen (secondary N) is 1. The van der Waals surface area contributed by atoms with Crippen molar-refractivity contribution >= 4 is 28.4 Å². The number of amides is 1. The van der Waals surface area contributed by atoms with E-state index >= 15 is 0 Å². The van der Waals surface area contributed by atoms with Crippen LogP contribution in [0.25, 0.3) is 16.4 Å². The Bertz CT molecular complexity index is 1270. The molecule has 1 N–H and O–H groups in total. The van der Waals surface area contributed by atoms with Gasteiger partial charge in [0, 0.05) is 34.9 Å². The van der Waals surface area contributed by atoms with E-state index in [-0.39, 0.29) is 11.6 Å². The zero-order valence-electron chi connectivity index (χ0n) is 15.9. The van der Waals surface area contributed by atoms with Crippen LogP contribution in [0.2, 0.25) is 0 Å². The maximum Gasteiger partial charge on any atom is 0.381 e. The predicted molar refractivity (Wildman–Crippen MR) is 103 cm³/mol. The molecule has 4 rings (SSSR count). The molecule has 0 atom stereocenters. The zero-order valence-corrected chi connectivity index (χ0v) is 15.9. The number of rotatable bonds is 3. The first-order valence-electron chi connectivity index (χ1n) is 8.76. The molecule has 8 nitrogen and oxygen atoms in total. The van der Waals surface area contributed by atoms with E-state index < -0.39 is 5.97 Å². The molecule has 0 saturated heterocycles. The minimum Gasteiger partial charge on any atom is -0.455 e. The van der Waals surface area contributed by atoms with Crippen LogP contribution in [0.1, 0.15) is 21.6 Å². The van der Waals surface area contributed by atoms with Gasteiger partial charge in [-0.1, -0.05) is 0 Å². The molecule has 1 amide bonds. The van der Waals surface area contributed by atoms with Crippen molar-refractivity contribution in [2.24, 2.45) is 0 Å². The fourth-order valence-electron chi connectivity index (χ4n) is 3.46. The van der Waals surface area contributed by atoms with Crippen molar-refractivity contribution in [2.45, 2.75) is 13.8 Å². The number of carbonyl (C=O) groups excluding carboxylic acids is 2. The number of fused-ring (bicyclic) bond motifs is 2. The Morgan fingerprint density at radius 3 is 2.69 bits per heavy atom. The van der Waals surface area contributed by atoms with Gasteiger partial charge in [0.15, 0.2) is 5.75 Å². The third kappa shape index (κ3) is 2.96. The summed E-state index contributed by atoms with van der Waals surface area (Å²) in [6.45, 7) is 3.50. The standard InChI is InChI=1S/C20H17FN4O4/c1-11-8-13-9-14(4-5-16(13)25(11)20(27)22-3)28-17-6-7-23-24-10-15(19(26)29-21)12(2)18(17)24/h4-10H,1-3H3,(H,22,27). The number of nitrogens with zero attached hydrogens (tertiary/aromatic N) is 3. The smallest absolute Gasteiger partial charge is 0.381 e. The van der Waals surface area contributed by atoms with Gasteiger partial charge >= 0.3 is 12.0 Å². The third-order valence-electron chi connectivity index (χ3n) is 4.78. The lowest BCUT2D eigenvalue weighted by Crippen LogP contribution is -2.25. The topological polar surface area (TPSA) is 86.9 Å². The van der Waals surface area contributed by atoms with Gasteiger partial charge in [0.1, 0.15) is 11.3 Å². The number of carbonyl (C=O) groups is 2. The van der Waals surface area contributed by atoms with Gasteiger partial charge in [-0.25, -0.2) is 19.0 Å². The van der Waals surface area contributed by atoms with Crippen LogP contribution in [-0.4, -0.2) is 33.2 Å². The van der Waals surface area contributed by atoms with Crippen LogP contribution >= 0.6 is 0 Å². The Hall–Kier alpha value is -3.88. The predicted octanol–water partition coefficient (Wildman–Crippen LogP) is 3.93. The average Bonchev–Trinajstić information content (AvgIpc) is 3.23. The number of hydrogen-bond acceptors (Lipinski definition) is 5. The van der Waals surface area contributed by atoms with Crippen molar-refractivity contribution in [2.75, 3.05) is 7.05 Å². The second-order valence-corrected chi connectivity index (χ2v) is 6.52. The van der Waals surface area contributed by atoms with E-state index in [0.717, 1.165) is 16.6 Å². The van der Waals surface area contributed by atoms with Gasteiger partial charge in [-0.3, -0.25) is 4.57 Å². The van der Waals surface area contributed by atoms with Crippen molar-refractivity contribution in [1.29, 1.82) is 0 Å². The molecule has 0 radical (unpaired) electrons. The van der Waals surface area contributed by atoms with Gasteiger partial charge in [0.05, 0.1) is 17.3 Å². The first-order chi connectivity index (χ1) is 13.9. The second kappa shape index (κ2) is 6.93. The van der Waals surface area contributed by atoms with E-state index in [0.29, 0.717) is 22.6 Å². The fourth-order valence-corrected chi connectivity index (χ4v) is 3.46. The van der Waals surface area contributed by atoms with Gasteiger partial charge in [0.2, 0.25) is 0 Å². The number of hydrogen-bond donors (Lipinski definition) is 1. The highest BCUT2D eigenvalue weighted by Gasteiger charge is 2.20. The van der Waals surface area contributed by atoms with Gasteiger partial charge in [0.25, 0.3) is 0 Å². The highest BCUT2D eigenvalue weighted by molar-refractivity contribution is 5.95. The molecular weight excluding hydrogens is 379 g/mol. The van der Waals surface area contributed by atoms with Crippen LogP contribution in [0, 0.1) is 13.8 Å². The van der Waals surface area contributed by atoms with Crippen LogP contribution < -0.4 is 10.1 Å². The molecule has 0 aliphatic carbocycles. The van der Waals surface area contributed by atoms with Crippen molar-refractivity contribution in [3.05, 3.63) is 59.5 Å². The third-order valence-corrected chi connectivity index (χ3v) is 4.78. The average molecular weight is 396 g/mol. The Morgan fingerprint density at radius 2 is 1.97 bits per heavy atom. The van der Waals surface area contributed by atoms with Gasteiger partial charge in [-0.05, 0) is 43.7 Å². The Balaban J connectivity index is 1.77. The number of aryl methyl sites for hydroxylation is 2. The number of ether oxygens (including phenoxy) is 1. The van der Waals surface area contributed by atoms with E-state index in [1.165, 1.54) is 16.9 Å². The van der Waals surface area contributed by atoms with Crippen molar-refractivity contribution in [3.63, 3.8) is 0 Å². The highest BCUT2D eigenvalue weighted by Crippen LogP contribution is 2.32. The molecule has 3 heterocycles. The molecule has 0 unspecified atom stereocenters. The summed E-state index contributed by atoms with van der Waals surface area (Å²) in [4.78, 5) is 27.1. The van der Waals surface area contributed by atoms with Crippen LogP contribution in [0.15, 0.2) is 42.7 Å².